The lowest BCUT2D eigenvalue weighted by atomic mass is 10.2. The number of carbonyl (C=O) groups is 2. The summed E-state index contributed by atoms with van der Waals surface area (Å²) in [6.07, 6.45) is 0. The molecule has 0 fully saturated rings. The van der Waals surface area contributed by atoms with Crippen molar-refractivity contribution in [2.75, 3.05) is 33.2 Å². The molecule has 1 unspecified atom stereocenters. The summed E-state index contributed by atoms with van der Waals surface area (Å²) in [4.78, 5) is 23.8. The molecule has 1 aromatic carbocycles. The van der Waals surface area contributed by atoms with Crippen LogP contribution in [0.25, 0.3) is 0 Å². The van der Waals surface area contributed by atoms with Crippen LogP contribution >= 0.6 is 0 Å². The summed E-state index contributed by atoms with van der Waals surface area (Å²) >= 11 is 0. The van der Waals surface area contributed by atoms with Gasteiger partial charge in [0.05, 0.1) is 21.3 Å². The number of hydrogen-bond donors (Lipinski definition) is 3. The molecule has 1 rings (SSSR count). The normalized spacial score (nSPS) is 11.5. The van der Waals surface area contributed by atoms with E-state index in [9.17, 15) is 9.59 Å². The van der Waals surface area contributed by atoms with Gasteiger partial charge in [-0.15, -0.1) is 0 Å². The number of urea groups is 1. The fourth-order valence-corrected chi connectivity index (χ4v) is 2.04. The van der Waals surface area contributed by atoms with Crippen LogP contribution in [0.15, 0.2) is 12.1 Å². The van der Waals surface area contributed by atoms with E-state index in [0.717, 1.165) is 0 Å². The van der Waals surface area contributed by atoms with E-state index in [0.29, 0.717) is 35.4 Å². The van der Waals surface area contributed by atoms with Crippen LogP contribution in [0.5, 0.6) is 17.2 Å². The molecule has 0 saturated heterocycles. The number of hydrogen-bond acceptors (Lipinski definition) is 6. The molecule has 1 aromatic rings. The minimum absolute atomic E-state index is 0.302. The second-order valence-electron chi connectivity index (χ2n) is 5.87. The molecule has 0 aliphatic rings. The molecule has 0 aromatic heterocycles. The zero-order chi connectivity index (χ0) is 19.0. The van der Waals surface area contributed by atoms with Crippen molar-refractivity contribution >= 4 is 17.6 Å². The van der Waals surface area contributed by atoms with E-state index in [-0.39, 0.29) is 0 Å². The van der Waals surface area contributed by atoms with Crippen LogP contribution in [0.2, 0.25) is 0 Å². The molecule has 0 bridgehead atoms. The van der Waals surface area contributed by atoms with E-state index >= 15 is 0 Å². The summed E-state index contributed by atoms with van der Waals surface area (Å²) in [5.41, 5.74) is 0.597. The van der Waals surface area contributed by atoms with E-state index in [1.807, 2.05) is 13.8 Å². The first-order valence-corrected chi connectivity index (χ1v) is 7.97. The Hall–Kier alpha value is -2.64. The van der Waals surface area contributed by atoms with Gasteiger partial charge >= 0.3 is 6.03 Å². The lowest BCUT2D eigenvalue weighted by Gasteiger charge is -2.18. The first kappa shape index (κ1) is 20.4. The maximum absolute atomic E-state index is 12.1. The monoisotopic (exact) mass is 353 g/mol. The van der Waals surface area contributed by atoms with Crippen molar-refractivity contribution < 1.29 is 23.8 Å². The Balaban J connectivity index is 2.77. The fourth-order valence-electron chi connectivity index (χ4n) is 2.04. The maximum Gasteiger partial charge on any atom is 0.321 e. The molecule has 0 heterocycles. The first-order valence-electron chi connectivity index (χ1n) is 7.97. The summed E-state index contributed by atoms with van der Waals surface area (Å²) in [6, 6.07) is 2.21. The van der Waals surface area contributed by atoms with Gasteiger partial charge in [0.1, 0.15) is 6.04 Å². The van der Waals surface area contributed by atoms with Gasteiger partial charge in [0, 0.05) is 24.4 Å². The third-order valence-electron chi connectivity index (χ3n) is 3.35. The number of imide groups is 1. The highest BCUT2D eigenvalue weighted by molar-refractivity contribution is 5.98. The highest BCUT2D eigenvalue weighted by atomic mass is 16.5. The van der Waals surface area contributed by atoms with Crippen molar-refractivity contribution in [1.82, 2.24) is 10.6 Å². The van der Waals surface area contributed by atoms with E-state index < -0.39 is 18.0 Å². The quantitative estimate of drug-likeness (QED) is 0.661. The van der Waals surface area contributed by atoms with E-state index in [2.05, 4.69) is 16.0 Å². The van der Waals surface area contributed by atoms with Gasteiger partial charge in [0.25, 0.3) is 0 Å². The predicted molar refractivity (Wildman–Crippen MR) is 95.6 cm³/mol. The predicted octanol–water partition coefficient (Wildman–Crippen LogP) is 1.99. The van der Waals surface area contributed by atoms with Crippen molar-refractivity contribution in [2.24, 2.45) is 5.92 Å². The second-order valence-corrected chi connectivity index (χ2v) is 5.87. The SMILES string of the molecule is COc1cc(NC(C)C(=O)NC(=O)NCC(C)C)cc(OC)c1OC. The third-order valence-corrected chi connectivity index (χ3v) is 3.35. The van der Waals surface area contributed by atoms with Gasteiger partial charge in [-0.2, -0.15) is 0 Å². The van der Waals surface area contributed by atoms with Crippen LogP contribution in [-0.4, -0.2) is 45.9 Å². The molecule has 0 radical (unpaired) electrons. The first-order chi connectivity index (χ1) is 11.8. The molecule has 3 amide bonds. The number of ether oxygens (including phenoxy) is 3. The lowest BCUT2D eigenvalue weighted by Crippen LogP contribution is -2.46. The fraction of sp³-hybridized carbons (Fsp3) is 0.529. The molecule has 0 aliphatic carbocycles. The van der Waals surface area contributed by atoms with Crippen LogP contribution in [0.3, 0.4) is 0 Å². The zero-order valence-corrected chi connectivity index (χ0v) is 15.6. The lowest BCUT2D eigenvalue weighted by molar-refractivity contribution is -0.120. The van der Waals surface area contributed by atoms with E-state index in [1.165, 1.54) is 21.3 Å². The van der Waals surface area contributed by atoms with Gasteiger partial charge in [-0.1, -0.05) is 13.8 Å². The van der Waals surface area contributed by atoms with Gasteiger partial charge in [-0.3, -0.25) is 10.1 Å². The highest BCUT2D eigenvalue weighted by Crippen LogP contribution is 2.40. The Labute approximate surface area is 148 Å². The molecule has 0 spiro atoms. The third kappa shape index (κ3) is 6.06. The number of nitrogens with one attached hydrogen (secondary N) is 3. The average molecular weight is 353 g/mol. The number of anilines is 1. The molecule has 8 heteroatoms. The topological polar surface area (TPSA) is 97.9 Å². The number of rotatable bonds is 8. The molecule has 140 valence electrons. The summed E-state index contributed by atoms with van der Waals surface area (Å²) in [7, 11) is 4.53. The van der Waals surface area contributed by atoms with Gasteiger partial charge in [0.2, 0.25) is 11.7 Å². The summed E-state index contributed by atoms with van der Waals surface area (Å²) in [6.45, 7) is 6.08. The molecule has 8 nitrogen and oxygen atoms in total. The molecule has 0 aliphatic heterocycles. The van der Waals surface area contributed by atoms with Crippen LogP contribution in [0, 0.1) is 5.92 Å². The van der Waals surface area contributed by atoms with Crippen LogP contribution < -0.4 is 30.2 Å². The number of carbonyl (C=O) groups excluding carboxylic acids is 2. The van der Waals surface area contributed by atoms with E-state index in [1.54, 1.807) is 19.1 Å². The zero-order valence-electron chi connectivity index (χ0n) is 15.6. The molecule has 0 saturated carbocycles. The molecular formula is C17H27N3O5. The number of amides is 3. The summed E-state index contributed by atoms with van der Waals surface area (Å²) in [5.74, 6) is 1.24. The molecule has 1 atom stereocenters. The summed E-state index contributed by atoms with van der Waals surface area (Å²) < 4.78 is 15.8. The van der Waals surface area contributed by atoms with Crippen molar-refractivity contribution in [3.05, 3.63) is 12.1 Å². The second kappa shape index (κ2) is 9.61. The standard InChI is InChI=1S/C17H27N3O5/c1-10(2)9-18-17(22)20-16(21)11(3)19-12-7-13(23-4)15(25-6)14(8-12)24-5/h7-8,10-11,19H,9H2,1-6H3,(H2,18,20,21,22). The Morgan fingerprint density at radius 2 is 1.56 bits per heavy atom. The van der Waals surface area contributed by atoms with Crippen molar-refractivity contribution in [3.8, 4) is 17.2 Å². The van der Waals surface area contributed by atoms with Crippen molar-refractivity contribution in [2.45, 2.75) is 26.8 Å². The van der Waals surface area contributed by atoms with Gasteiger partial charge in [-0.05, 0) is 12.8 Å². The Bertz CT molecular complexity index is 579. The minimum Gasteiger partial charge on any atom is -0.493 e. The largest absolute Gasteiger partial charge is 0.493 e. The highest BCUT2D eigenvalue weighted by Gasteiger charge is 2.18. The van der Waals surface area contributed by atoms with Crippen molar-refractivity contribution in [1.29, 1.82) is 0 Å². The van der Waals surface area contributed by atoms with Gasteiger partial charge in [0.15, 0.2) is 11.5 Å². The molecule has 25 heavy (non-hydrogen) atoms. The number of methoxy groups -OCH3 is 3. The summed E-state index contributed by atoms with van der Waals surface area (Å²) in [5, 5.41) is 7.93. The smallest absolute Gasteiger partial charge is 0.321 e. The van der Waals surface area contributed by atoms with Crippen LogP contribution in [-0.2, 0) is 4.79 Å². The van der Waals surface area contributed by atoms with E-state index in [4.69, 9.17) is 14.2 Å². The Kier molecular flexibility index (Phi) is 7.84. The average Bonchev–Trinajstić information content (AvgIpc) is 2.58. The van der Waals surface area contributed by atoms with Crippen LogP contribution in [0.4, 0.5) is 10.5 Å². The van der Waals surface area contributed by atoms with Crippen LogP contribution in [0.1, 0.15) is 20.8 Å². The van der Waals surface area contributed by atoms with Gasteiger partial charge < -0.3 is 24.8 Å². The van der Waals surface area contributed by atoms with Crippen molar-refractivity contribution in [3.63, 3.8) is 0 Å². The molecular weight excluding hydrogens is 326 g/mol. The minimum atomic E-state index is -0.646. The maximum atomic E-state index is 12.1. The Morgan fingerprint density at radius 1 is 1.00 bits per heavy atom. The number of benzene rings is 1. The van der Waals surface area contributed by atoms with Gasteiger partial charge in [-0.25, -0.2) is 4.79 Å². The Morgan fingerprint density at radius 3 is 2.00 bits per heavy atom. The molecule has 3 N–H and O–H groups in total.